The SMILES string of the molecule is Cc1cc(NC(=O)C2CC(=O)N(c3ccc(Cl)cc3)C2)n(-c2ccc3ccccc3n2)n1. The van der Waals surface area contributed by atoms with Crippen molar-refractivity contribution in [3.05, 3.63) is 77.4 Å². The minimum absolute atomic E-state index is 0.0895. The molecule has 2 amide bonds. The summed E-state index contributed by atoms with van der Waals surface area (Å²) in [7, 11) is 0. The van der Waals surface area contributed by atoms with Gasteiger partial charge in [0, 0.05) is 35.1 Å². The maximum absolute atomic E-state index is 13.0. The van der Waals surface area contributed by atoms with Crippen molar-refractivity contribution < 1.29 is 9.59 Å². The Morgan fingerprint density at radius 3 is 2.69 bits per heavy atom. The molecule has 1 saturated heterocycles. The van der Waals surface area contributed by atoms with E-state index in [2.05, 4.69) is 15.4 Å². The molecule has 2 aromatic heterocycles. The Morgan fingerprint density at radius 1 is 1.09 bits per heavy atom. The number of pyridine rings is 1. The number of benzene rings is 2. The van der Waals surface area contributed by atoms with Crippen LogP contribution in [0.3, 0.4) is 0 Å². The zero-order valence-electron chi connectivity index (χ0n) is 17.3. The average molecular weight is 446 g/mol. The zero-order valence-corrected chi connectivity index (χ0v) is 18.1. The van der Waals surface area contributed by atoms with E-state index in [0.29, 0.717) is 23.2 Å². The standard InChI is InChI=1S/C24H20ClN5O2/c1-15-12-22(30(28-15)21-11-6-16-4-2-3-5-20(16)26-21)27-24(32)17-13-23(31)29(14-17)19-9-7-18(25)8-10-19/h2-12,17H,13-14H2,1H3,(H,27,32). The largest absolute Gasteiger partial charge is 0.312 e. The molecule has 8 heteroatoms. The molecule has 32 heavy (non-hydrogen) atoms. The quantitative estimate of drug-likeness (QED) is 0.505. The molecule has 0 spiro atoms. The van der Waals surface area contributed by atoms with Gasteiger partial charge in [-0.05, 0) is 49.4 Å². The minimum atomic E-state index is -0.466. The number of nitrogens with one attached hydrogen (secondary N) is 1. The first-order chi connectivity index (χ1) is 15.5. The molecular weight excluding hydrogens is 426 g/mol. The molecular formula is C24H20ClN5O2. The van der Waals surface area contributed by atoms with Gasteiger partial charge in [0.25, 0.3) is 0 Å². The fraction of sp³-hybridized carbons (Fsp3) is 0.167. The van der Waals surface area contributed by atoms with Gasteiger partial charge in [0.2, 0.25) is 11.8 Å². The van der Waals surface area contributed by atoms with E-state index in [1.165, 1.54) is 0 Å². The number of aromatic nitrogens is 3. The van der Waals surface area contributed by atoms with Crippen LogP contribution in [0.1, 0.15) is 12.1 Å². The van der Waals surface area contributed by atoms with E-state index in [4.69, 9.17) is 11.6 Å². The van der Waals surface area contributed by atoms with Crippen LogP contribution in [0.25, 0.3) is 16.7 Å². The van der Waals surface area contributed by atoms with E-state index in [1.807, 2.05) is 43.3 Å². The molecule has 4 aromatic rings. The lowest BCUT2D eigenvalue weighted by atomic mass is 10.1. The molecule has 0 bridgehead atoms. The van der Waals surface area contributed by atoms with Crippen LogP contribution < -0.4 is 10.2 Å². The number of nitrogens with zero attached hydrogens (tertiary/aromatic N) is 4. The molecule has 7 nitrogen and oxygen atoms in total. The molecule has 1 aliphatic rings. The predicted octanol–water partition coefficient (Wildman–Crippen LogP) is 4.37. The second-order valence-corrected chi connectivity index (χ2v) is 8.25. The first-order valence-electron chi connectivity index (χ1n) is 10.3. The molecule has 1 N–H and O–H groups in total. The fourth-order valence-corrected chi connectivity index (χ4v) is 4.04. The Kier molecular flexibility index (Phi) is 5.11. The summed E-state index contributed by atoms with van der Waals surface area (Å²) >= 11 is 5.94. The van der Waals surface area contributed by atoms with Gasteiger partial charge < -0.3 is 10.2 Å². The van der Waals surface area contributed by atoms with Crippen molar-refractivity contribution in [2.45, 2.75) is 13.3 Å². The second-order valence-electron chi connectivity index (χ2n) is 7.82. The van der Waals surface area contributed by atoms with E-state index in [9.17, 15) is 9.59 Å². The van der Waals surface area contributed by atoms with E-state index in [1.54, 1.807) is 39.9 Å². The van der Waals surface area contributed by atoms with Crippen LogP contribution in [0, 0.1) is 12.8 Å². The summed E-state index contributed by atoms with van der Waals surface area (Å²) in [5.41, 5.74) is 2.33. The topological polar surface area (TPSA) is 80.1 Å². The van der Waals surface area contributed by atoms with Crippen molar-refractivity contribution in [1.29, 1.82) is 0 Å². The number of hydrogen-bond acceptors (Lipinski definition) is 4. The van der Waals surface area contributed by atoms with Crippen molar-refractivity contribution in [2.24, 2.45) is 5.92 Å². The predicted molar refractivity (Wildman–Crippen MR) is 124 cm³/mol. The number of hydrogen-bond donors (Lipinski definition) is 1. The highest BCUT2D eigenvalue weighted by molar-refractivity contribution is 6.30. The maximum atomic E-state index is 13.0. The van der Waals surface area contributed by atoms with Gasteiger partial charge in [-0.1, -0.05) is 29.8 Å². The molecule has 0 aliphatic carbocycles. The van der Waals surface area contributed by atoms with Gasteiger partial charge in [-0.15, -0.1) is 0 Å². The maximum Gasteiger partial charge on any atom is 0.230 e. The van der Waals surface area contributed by atoms with E-state index >= 15 is 0 Å². The first-order valence-corrected chi connectivity index (χ1v) is 10.7. The monoisotopic (exact) mass is 445 g/mol. The van der Waals surface area contributed by atoms with Crippen LogP contribution in [0.15, 0.2) is 66.7 Å². The lowest BCUT2D eigenvalue weighted by molar-refractivity contribution is -0.122. The summed E-state index contributed by atoms with van der Waals surface area (Å²) in [5, 5.41) is 9.07. The number of anilines is 2. The average Bonchev–Trinajstić information content (AvgIpc) is 3.36. The van der Waals surface area contributed by atoms with Crippen LogP contribution in [-0.4, -0.2) is 33.1 Å². The molecule has 0 saturated carbocycles. The minimum Gasteiger partial charge on any atom is -0.312 e. The summed E-state index contributed by atoms with van der Waals surface area (Å²) in [6.45, 7) is 2.17. The smallest absolute Gasteiger partial charge is 0.230 e. The van der Waals surface area contributed by atoms with E-state index in [0.717, 1.165) is 22.3 Å². The molecule has 1 unspecified atom stereocenters. The molecule has 5 rings (SSSR count). The number of carbonyl (C=O) groups excluding carboxylic acids is 2. The van der Waals surface area contributed by atoms with Gasteiger partial charge in [-0.25, -0.2) is 4.98 Å². The van der Waals surface area contributed by atoms with Crippen molar-refractivity contribution in [3.63, 3.8) is 0 Å². The Morgan fingerprint density at radius 2 is 1.88 bits per heavy atom. The molecule has 160 valence electrons. The van der Waals surface area contributed by atoms with Crippen LogP contribution in [-0.2, 0) is 9.59 Å². The van der Waals surface area contributed by atoms with Gasteiger partial charge in [0.05, 0.1) is 17.1 Å². The number of amides is 2. The lowest BCUT2D eigenvalue weighted by Gasteiger charge is -2.17. The van der Waals surface area contributed by atoms with Crippen LogP contribution in [0.5, 0.6) is 0 Å². The third-order valence-corrected chi connectivity index (χ3v) is 5.77. The summed E-state index contributed by atoms with van der Waals surface area (Å²) in [6, 6.07) is 20.5. The van der Waals surface area contributed by atoms with Crippen molar-refractivity contribution in [3.8, 4) is 5.82 Å². The Bertz CT molecular complexity index is 1330. The highest BCUT2D eigenvalue weighted by atomic mass is 35.5. The molecule has 1 fully saturated rings. The lowest BCUT2D eigenvalue weighted by Crippen LogP contribution is -2.28. The van der Waals surface area contributed by atoms with E-state index in [-0.39, 0.29) is 18.2 Å². The van der Waals surface area contributed by atoms with Gasteiger partial charge in [-0.3, -0.25) is 9.59 Å². The van der Waals surface area contributed by atoms with Crippen molar-refractivity contribution in [2.75, 3.05) is 16.8 Å². The number of carbonyl (C=O) groups is 2. The van der Waals surface area contributed by atoms with Crippen LogP contribution >= 0.6 is 11.6 Å². The molecule has 1 aliphatic heterocycles. The molecule has 2 aromatic carbocycles. The summed E-state index contributed by atoms with van der Waals surface area (Å²) in [6.07, 6.45) is 0.149. The van der Waals surface area contributed by atoms with Gasteiger partial charge in [0.1, 0.15) is 5.82 Å². The normalized spacial score (nSPS) is 16.0. The molecule has 3 heterocycles. The third-order valence-electron chi connectivity index (χ3n) is 5.52. The molecule has 0 radical (unpaired) electrons. The van der Waals surface area contributed by atoms with Crippen LogP contribution in [0.4, 0.5) is 11.5 Å². The summed E-state index contributed by atoms with van der Waals surface area (Å²) in [5.74, 6) is 0.349. The van der Waals surface area contributed by atoms with Crippen molar-refractivity contribution >= 4 is 45.8 Å². The number of rotatable bonds is 4. The van der Waals surface area contributed by atoms with Gasteiger partial charge in [0.15, 0.2) is 5.82 Å². The van der Waals surface area contributed by atoms with Crippen LogP contribution in [0.2, 0.25) is 5.02 Å². The zero-order chi connectivity index (χ0) is 22.2. The summed E-state index contributed by atoms with van der Waals surface area (Å²) < 4.78 is 1.62. The fourth-order valence-electron chi connectivity index (χ4n) is 3.92. The molecule has 1 atom stereocenters. The first kappa shape index (κ1) is 20.2. The number of fused-ring (bicyclic) bond motifs is 1. The van der Waals surface area contributed by atoms with Crippen molar-refractivity contribution in [1.82, 2.24) is 14.8 Å². The number of aryl methyl sites for hydroxylation is 1. The highest BCUT2D eigenvalue weighted by Crippen LogP contribution is 2.28. The number of para-hydroxylation sites is 1. The summed E-state index contributed by atoms with van der Waals surface area (Å²) in [4.78, 5) is 31.8. The third kappa shape index (κ3) is 3.83. The number of halogens is 1. The van der Waals surface area contributed by atoms with Gasteiger partial charge >= 0.3 is 0 Å². The van der Waals surface area contributed by atoms with Gasteiger partial charge in [-0.2, -0.15) is 9.78 Å². The Labute approximate surface area is 189 Å². The highest BCUT2D eigenvalue weighted by Gasteiger charge is 2.35. The second kappa shape index (κ2) is 8.09. The Hall–Kier alpha value is -3.71. The van der Waals surface area contributed by atoms with E-state index < -0.39 is 5.92 Å². The Balaban J connectivity index is 1.37.